The zero-order valence-corrected chi connectivity index (χ0v) is 13.2. The molecule has 6 nitrogen and oxygen atoms in total. The van der Waals surface area contributed by atoms with E-state index in [0.29, 0.717) is 12.6 Å². The Morgan fingerprint density at radius 1 is 1.38 bits per heavy atom. The van der Waals surface area contributed by atoms with Crippen LogP contribution in [0.2, 0.25) is 0 Å². The van der Waals surface area contributed by atoms with E-state index in [0.717, 1.165) is 24.2 Å². The molecule has 0 bridgehead atoms. The number of amides is 1. The van der Waals surface area contributed by atoms with Crippen LogP contribution in [0.3, 0.4) is 0 Å². The van der Waals surface area contributed by atoms with Gasteiger partial charge in [-0.2, -0.15) is 0 Å². The van der Waals surface area contributed by atoms with Gasteiger partial charge in [0.1, 0.15) is 0 Å². The molecule has 2 heterocycles. The molecule has 0 radical (unpaired) electrons. The van der Waals surface area contributed by atoms with E-state index in [2.05, 4.69) is 20.6 Å². The first kappa shape index (κ1) is 15.7. The minimum absolute atomic E-state index is 0.0412. The fraction of sp³-hybridized carbons (Fsp3) is 0.667. The highest BCUT2D eigenvalue weighted by molar-refractivity contribution is 5.80. The molecule has 1 aliphatic heterocycles. The maximum absolute atomic E-state index is 12.0. The van der Waals surface area contributed by atoms with E-state index < -0.39 is 0 Å². The van der Waals surface area contributed by atoms with Crippen LogP contribution in [0.25, 0.3) is 0 Å². The first-order valence-electron chi connectivity index (χ1n) is 7.33. The van der Waals surface area contributed by atoms with Crippen molar-refractivity contribution in [1.29, 1.82) is 0 Å². The van der Waals surface area contributed by atoms with Crippen LogP contribution in [-0.4, -0.2) is 40.7 Å². The molecular weight excluding hydrogens is 268 g/mol. The number of hydrogen-bond acceptors (Lipinski definition) is 5. The number of nitrogens with one attached hydrogen (secondary N) is 2. The lowest BCUT2D eigenvalue weighted by Gasteiger charge is -2.35. The molecule has 0 spiro atoms. The second-order valence-electron chi connectivity index (χ2n) is 6.19. The molecule has 0 aromatic carbocycles. The normalized spacial score (nSPS) is 20.9. The van der Waals surface area contributed by atoms with Crippen LogP contribution in [0.4, 0.5) is 5.95 Å². The number of aromatic nitrogens is 2. The van der Waals surface area contributed by atoms with Crippen LogP contribution in [0.5, 0.6) is 0 Å². The Labute approximate surface area is 125 Å². The summed E-state index contributed by atoms with van der Waals surface area (Å²) in [5.41, 5.74) is 1.61. The van der Waals surface area contributed by atoms with E-state index >= 15 is 0 Å². The molecule has 1 aliphatic rings. The summed E-state index contributed by atoms with van der Waals surface area (Å²) in [4.78, 5) is 20.5. The average molecular weight is 292 g/mol. The van der Waals surface area contributed by atoms with Crippen LogP contribution in [0, 0.1) is 13.8 Å². The molecule has 0 saturated carbocycles. The van der Waals surface area contributed by atoms with Gasteiger partial charge in [0, 0.05) is 24.0 Å². The van der Waals surface area contributed by atoms with Crippen molar-refractivity contribution in [3.05, 3.63) is 17.5 Å². The molecular formula is C15H24N4O2. The van der Waals surface area contributed by atoms with Gasteiger partial charge < -0.3 is 15.4 Å². The Balaban J connectivity index is 1.82. The summed E-state index contributed by atoms with van der Waals surface area (Å²) in [5, 5.41) is 6.01. The number of rotatable bonds is 4. The van der Waals surface area contributed by atoms with E-state index in [1.165, 1.54) is 0 Å². The summed E-state index contributed by atoms with van der Waals surface area (Å²) in [7, 11) is 0. The third kappa shape index (κ3) is 4.97. The summed E-state index contributed by atoms with van der Waals surface area (Å²) in [6.45, 7) is 8.78. The second kappa shape index (κ2) is 6.39. The average Bonchev–Trinajstić information content (AvgIpc) is 2.34. The van der Waals surface area contributed by atoms with Gasteiger partial charge in [-0.25, -0.2) is 9.97 Å². The number of aryl methyl sites for hydroxylation is 2. The third-order valence-electron chi connectivity index (χ3n) is 3.45. The van der Waals surface area contributed by atoms with Crippen molar-refractivity contribution in [2.24, 2.45) is 0 Å². The van der Waals surface area contributed by atoms with Crippen LogP contribution < -0.4 is 10.6 Å². The molecule has 1 atom stereocenters. The summed E-state index contributed by atoms with van der Waals surface area (Å²) < 4.78 is 5.65. The largest absolute Gasteiger partial charge is 0.375 e. The number of anilines is 1. The molecule has 21 heavy (non-hydrogen) atoms. The topological polar surface area (TPSA) is 76.1 Å². The number of nitrogens with zero attached hydrogens (tertiary/aromatic N) is 2. The Hall–Kier alpha value is -1.69. The Morgan fingerprint density at radius 2 is 2.05 bits per heavy atom. The SMILES string of the molecule is Cc1cc(C)nc(NCC(=O)N[C@H]2CCOC(C)(C)C2)n1. The molecule has 2 N–H and O–H groups in total. The summed E-state index contributed by atoms with van der Waals surface area (Å²) in [6, 6.07) is 2.07. The molecule has 1 fully saturated rings. The smallest absolute Gasteiger partial charge is 0.239 e. The van der Waals surface area contributed by atoms with E-state index in [-0.39, 0.29) is 24.1 Å². The highest BCUT2D eigenvalue weighted by Crippen LogP contribution is 2.23. The minimum Gasteiger partial charge on any atom is -0.375 e. The standard InChI is InChI=1S/C15H24N4O2/c1-10-7-11(2)18-14(17-10)16-9-13(20)19-12-5-6-21-15(3,4)8-12/h7,12H,5-6,8-9H2,1-4H3,(H,19,20)(H,16,17,18)/t12-/m0/s1. The van der Waals surface area contributed by atoms with Crippen LogP contribution in [0.1, 0.15) is 38.1 Å². The fourth-order valence-corrected chi connectivity index (χ4v) is 2.60. The monoisotopic (exact) mass is 292 g/mol. The Bertz CT molecular complexity index is 496. The Morgan fingerprint density at radius 3 is 2.67 bits per heavy atom. The highest BCUT2D eigenvalue weighted by Gasteiger charge is 2.29. The number of carbonyl (C=O) groups excluding carboxylic acids is 1. The van der Waals surface area contributed by atoms with Crippen molar-refractivity contribution < 1.29 is 9.53 Å². The van der Waals surface area contributed by atoms with Crippen LogP contribution in [-0.2, 0) is 9.53 Å². The summed E-state index contributed by atoms with van der Waals surface area (Å²) >= 11 is 0. The molecule has 116 valence electrons. The van der Waals surface area contributed by atoms with Crippen molar-refractivity contribution in [3.63, 3.8) is 0 Å². The van der Waals surface area contributed by atoms with Gasteiger partial charge in [-0.1, -0.05) is 0 Å². The third-order valence-corrected chi connectivity index (χ3v) is 3.45. The van der Waals surface area contributed by atoms with Crippen molar-refractivity contribution >= 4 is 11.9 Å². The van der Waals surface area contributed by atoms with Crippen LogP contribution >= 0.6 is 0 Å². The number of carbonyl (C=O) groups is 1. The van der Waals surface area contributed by atoms with Gasteiger partial charge in [-0.3, -0.25) is 4.79 Å². The molecule has 1 saturated heterocycles. The zero-order chi connectivity index (χ0) is 15.5. The molecule has 0 aliphatic carbocycles. The molecule has 1 amide bonds. The molecule has 1 aromatic heterocycles. The van der Waals surface area contributed by atoms with Gasteiger partial charge in [-0.15, -0.1) is 0 Å². The second-order valence-corrected chi connectivity index (χ2v) is 6.19. The highest BCUT2D eigenvalue weighted by atomic mass is 16.5. The summed E-state index contributed by atoms with van der Waals surface area (Å²) in [5.74, 6) is 0.454. The maximum atomic E-state index is 12.0. The van der Waals surface area contributed by atoms with Crippen molar-refractivity contribution in [3.8, 4) is 0 Å². The number of ether oxygens (including phenoxy) is 1. The van der Waals surface area contributed by atoms with E-state index in [1.54, 1.807) is 0 Å². The van der Waals surface area contributed by atoms with Gasteiger partial charge in [0.15, 0.2) is 0 Å². The lowest BCUT2D eigenvalue weighted by Crippen LogP contribution is -2.47. The van der Waals surface area contributed by atoms with Gasteiger partial charge in [0.25, 0.3) is 0 Å². The van der Waals surface area contributed by atoms with E-state index in [4.69, 9.17) is 4.74 Å². The molecule has 0 unspecified atom stereocenters. The van der Waals surface area contributed by atoms with Gasteiger partial charge in [-0.05, 0) is 46.6 Å². The first-order chi connectivity index (χ1) is 9.84. The first-order valence-corrected chi connectivity index (χ1v) is 7.33. The fourth-order valence-electron chi connectivity index (χ4n) is 2.60. The van der Waals surface area contributed by atoms with Gasteiger partial charge >= 0.3 is 0 Å². The predicted octanol–water partition coefficient (Wildman–Crippen LogP) is 1.58. The minimum atomic E-state index is -0.166. The van der Waals surface area contributed by atoms with Gasteiger partial charge in [0.05, 0.1) is 12.1 Å². The summed E-state index contributed by atoms with van der Waals surface area (Å²) in [6.07, 6.45) is 1.69. The Kier molecular flexibility index (Phi) is 4.77. The molecule has 2 rings (SSSR count). The predicted molar refractivity (Wildman–Crippen MR) is 81.2 cm³/mol. The lowest BCUT2D eigenvalue weighted by molar-refractivity contribution is -0.122. The van der Waals surface area contributed by atoms with Crippen LogP contribution in [0.15, 0.2) is 6.07 Å². The lowest BCUT2D eigenvalue weighted by atomic mass is 9.94. The van der Waals surface area contributed by atoms with Crippen molar-refractivity contribution in [2.45, 2.75) is 52.2 Å². The zero-order valence-electron chi connectivity index (χ0n) is 13.2. The maximum Gasteiger partial charge on any atom is 0.239 e. The molecule has 6 heteroatoms. The quantitative estimate of drug-likeness (QED) is 0.881. The van der Waals surface area contributed by atoms with Crippen molar-refractivity contribution in [2.75, 3.05) is 18.5 Å². The number of hydrogen-bond donors (Lipinski definition) is 2. The van der Waals surface area contributed by atoms with Gasteiger partial charge in [0.2, 0.25) is 11.9 Å². The van der Waals surface area contributed by atoms with E-state index in [1.807, 2.05) is 33.8 Å². The van der Waals surface area contributed by atoms with E-state index in [9.17, 15) is 4.79 Å². The van der Waals surface area contributed by atoms with Crippen molar-refractivity contribution in [1.82, 2.24) is 15.3 Å². The molecule has 1 aromatic rings.